The fourth-order valence-electron chi connectivity index (χ4n) is 4.07. The van der Waals surface area contributed by atoms with Gasteiger partial charge in [0.05, 0.1) is 11.7 Å². The number of aromatic nitrogens is 3. The van der Waals surface area contributed by atoms with Crippen molar-refractivity contribution in [2.24, 2.45) is 7.05 Å². The molecule has 1 spiro atoms. The number of amides is 2. The molecule has 1 unspecified atom stereocenters. The molecule has 4 rings (SSSR count). The Labute approximate surface area is 145 Å². The number of carbonyl (C=O) groups excluding carboxylic acids is 2. The lowest BCUT2D eigenvalue weighted by Gasteiger charge is -2.42. The average molecular weight is 343 g/mol. The Morgan fingerprint density at radius 3 is 2.76 bits per heavy atom. The van der Waals surface area contributed by atoms with Crippen LogP contribution in [0.5, 0.6) is 0 Å². The van der Waals surface area contributed by atoms with Crippen molar-refractivity contribution in [2.45, 2.75) is 37.6 Å². The highest BCUT2D eigenvalue weighted by atomic mass is 16.5. The van der Waals surface area contributed by atoms with Gasteiger partial charge in [-0.05, 0) is 25.3 Å². The molecule has 25 heavy (non-hydrogen) atoms. The van der Waals surface area contributed by atoms with Crippen molar-refractivity contribution >= 4 is 11.8 Å². The molecule has 2 fully saturated rings. The normalized spacial score (nSPS) is 22.4. The first-order valence-corrected chi connectivity index (χ1v) is 8.49. The summed E-state index contributed by atoms with van der Waals surface area (Å²) in [5.41, 5.74) is 1.12. The van der Waals surface area contributed by atoms with E-state index in [1.165, 1.54) is 0 Å². The highest BCUT2D eigenvalue weighted by Gasteiger charge is 2.49. The van der Waals surface area contributed by atoms with Crippen LogP contribution in [0.1, 0.15) is 47.0 Å². The first-order chi connectivity index (χ1) is 12.0. The standard InChI is InChI=1S/C17H21N5O3/c1-11-7-14(20-25-11)16(24)22-5-3-17(4-6-22)13(8-15(23)19-17)12-9-18-21(2)10-12/h7,9-10,13H,3-6,8H2,1-2H3,(H,19,23). The van der Waals surface area contributed by atoms with Crippen LogP contribution in [0.25, 0.3) is 0 Å². The number of nitrogens with one attached hydrogen (secondary N) is 1. The summed E-state index contributed by atoms with van der Waals surface area (Å²) in [5.74, 6) is 0.673. The third-order valence-corrected chi connectivity index (χ3v) is 5.36. The molecule has 2 aromatic heterocycles. The molecule has 2 aromatic rings. The summed E-state index contributed by atoms with van der Waals surface area (Å²) in [6, 6.07) is 1.66. The van der Waals surface area contributed by atoms with Crippen LogP contribution < -0.4 is 5.32 Å². The molecular weight excluding hydrogens is 322 g/mol. The van der Waals surface area contributed by atoms with Gasteiger partial charge in [0.25, 0.3) is 5.91 Å². The number of rotatable bonds is 2. The summed E-state index contributed by atoms with van der Waals surface area (Å²) >= 11 is 0. The van der Waals surface area contributed by atoms with E-state index in [4.69, 9.17) is 4.52 Å². The summed E-state index contributed by atoms with van der Waals surface area (Å²) < 4.78 is 6.76. The predicted molar refractivity (Wildman–Crippen MR) is 87.8 cm³/mol. The van der Waals surface area contributed by atoms with Crippen LogP contribution in [-0.2, 0) is 11.8 Å². The van der Waals surface area contributed by atoms with Crippen molar-refractivity contribution in [2.75, 3.05) is 13.1 Å². The second-order valence-corrected chi connectivity index (χ2v) is 7.02. The van der Waals surface area contributed by atoms with E-state index in [0.29, 0.717) is 31.0 Å². The minimum Gasteiger partial charge on any atom is -0.361 e. The maximum atomic E-state index is 12.5. The lowest BCUT2D eigenvalue weighted by molar-refractivity contribution is -0.120. The zero-order valence-electron chi connectivity index (χ0n) is 14.4. The van der Waals surface area contributed by atoms with E-state index >= 15 is 0 Å². The smallest absolute Gasteiger partial charge is 0.276 e. The van der Waals surface area contributed by atoms with Crippen molar-refractivity contribution in [3.8, 4) is 0 Å². The van der Waals surface area contributed by atoms with Gasteiger partial charge in [0, 0.05) is 44.7 Å². The fourth-order valence-corrected chi connectivity index (χ4v) is 4.07. The van der Waals surface area contributed by atoms with E-state index in [9.17, 15) is 9.59 Å². The molecule has 2 amide bonds. The van der Waals surface area contributed by atoms with Crippen molar-refractivity contribution in [1.29, 1.82) is 0 Å². The SMILES string of the molecule is Cc1cc(C(=O)N2CCC3(CC2)NC(=O)CC3c2cnn(C)c2)no1. The Morgan fingerprint density at radius 2 is 2.16 bits per heavy atom. The van der Waals surface area contributed by atoms with Crippen LogP contribution >= 0.6 is 0 Å². The summed E-state index contributed by atoms with van der Waals surface area (Å²) in [7, 11) is 1.88. The van der Waals surface area contributed by atoms with E-state index in [1.807, 2.05) is 19.4 Å². The van der Waals surface area contributed by atoms with Gasteiger partial charge in [-0.25, -0.2) is 0 Å². The molecule has 2 saturated heterocycles. The number of nitrogens with zero attached hydrogens (tertiary/aromatic N) is 4. The molecule has 1 N–H and O–H groups in total. The van der Waals surface area contributed by atoms with Gasteiger partial charge in [0.1, 0.15) is 5.76 Å². The lowest BCUT2D eigenvalue weighted by atomic mass is 9.75. The largest absolute Gasteiger partial charge is 0.361 e. The van der Waals surface area contributed by atoms with Crippen LogP contribution in [0.2, 0.25) is 0 Å². The Bertz CT molecular complexity index is 816. The molecule has 1 atom stereocenters. The van der Waals surface area contributed by atoms with Crippen molar-refractivity contribution in [1.82, 2.24) is 25.2 Å². The quantitative estimate of drug-likeness (QED) is 0.878. The maximum absolute atomic E-state index is 12.5. The lowest BCUT2D eigenvalue weighted by Crippen LogP contribution is -2.54. The highest BCUT2D eigenvalue weighted by Crippen LogP contribution is 2.43. The second kappa shape index (κ2) is 5.72. The minimum absolute atomic E-state index is 0.0701. The van der Waals surface area contributed by atoms with Gasteiger partial charge in [-0.1, -0.05) is 5.16 Å². The molecule has 4 heterocycles. The van der Waals surface area contributed by atoms with Crippen LogP contribution in [0.4, 0.5) is 0 Å². The van der Waals surface area contributed by atoms with Crippen molar-refractivity contribution in [3.05, 3.63) is 35.5 Å². The topological polar surface area (TPSA) is 93.3 Å². The third-order valence-electron chi connectivity index (χ3n) is 5.36. The summed E-state index contributed by atoms with van der Waals surface area (Å²) in [6.07, 6.45) is 5.73. The van der Waals surface area contributed by atoms with Gasteiger partial charge in [0.15, 0.2) is 5.69 Å². The van der Waals surface area contributed by atoms with Crippen LogP contribution in [0, 0.1) is 6.92 Å². The Balaban J connectivity index is 1.51. The van der Waals surface area contributed by atoms with E-state index in [2.05, 4.69) is 15.6 Å². The minimum atomic E-state index is -0.295. The first kappa shape index (κ1) is 15.9. The third kappa shape index (κ3) is 2.71. The molecule has 8 heteroatoms. The number of piperidine rings is 1. The Morgan fingerprint density at radius 1 is 1.40 bits per heavy atom. The fraction of sp³-hybridized carbons (Fsp3) is 0.529. The van der Waals surface area contributed by atoms with Crippen molar-refractivity contribution in [3.63, 3.8) is 0 Å². The van der Waals surface area contributed by atoms with Crippen LogP contribution in [0.3, 0.4) is 0 Å². The van der Waals surface area contributed by atoms with Gasteiger partial charge >= 0.3 is 0 Å². The van der Waals surface area contributed by atoms with Gasteiger partial charge in [0.2, 0.25) is 5.91 Å². The molecule has 0 saturated carbocycles. The van der Waals surface area contributed by atoms with E-state index in [0.717, 1.165) is 18.4 Å². The summed E-state index contributed by atoms with van der Waals surface area (Å²) in [6.45, 7) is 2.94. The number of aryl methyl sites for hydroxylation is 2. The van der Waals surface area contributed by atoms with Crippen molar-refractivity contribution < 1.29 is 14.1 Å². The zero-order chi connectivity index (χ0) is 17.6. The molecule has 0 radical (unpaired) electrons. The number of carbonyl (C=O) groups is 2. The molecule has 2 aliphatic rings. The Hall–Kier alpha value is -2.64. The second-order valence-electron chi connectivity index (χ2n) is 7.02. The molecule has 132 valence electrons. The molecule has 0 bridgehead atoms. The number of hydrogen-bond acceptors (Lipinski definition) is 5. The monoisotopic (exact) mass is 343 g/mol. The zero-order valence-corrected chi connectivity index (χ0v) is 14.4. The van der Waals surface area contributed by atoms with Crippen LogP contribution in [-0.4, -0.2) is 50.3 Å². The maximum Gasteiger partial charge on any atom is 0.276 e. The van der Waals surface area contributed by atoms with E-state index in [1.54, 1.807) is 22.6 Å². The van der Waals surface area contributed by atoms with Gasteiger partial charge in [-0.2, -0.15) is 5.10 Å². The average Bonchev–Trinajstić information content (AvgIpc) is 3.27. The first-order valence-electron chi connectivity index (χ1n) is 8.49. The Kier molecular flexibility index (Phi) is 3.63. The molecule has 0 aliphatic carbocycles. The molecular formula is C17H21N5O3. The van der Waals surface area contributed by atoms with E-state index in [-0.39, 0.29) is 23.3 Å². The molecule has 0 aromatic carbocycles. The van der Waals surface area contributed by atoms with Gasteiger partial charge in [-0.3, -0.25) is 14.3 Å². The van der Waals surface area contributed by atoms with E-state index < -0.39 is 0 Å². The van der Waals surface area contributed by atoms with Crippen LogP contribution in [0.15, 0.2) is 23.0 Å². The number of hydrogen-bond donors (Lipinski definition) is 1. The highest BCUT2D eigenvalue weighted by molar-refractivity contribution is 5.92. The van der Waals surface area contributed by atoms with Gasteiger partial charge in [-0.15, -0.1) is 0 Å². The molecule has 8 nitrogen and oxygen atoms in total. The van der Waals surface area contributed by atoms with Gasteiger partial charge < -0.3 is 14.7 Å². The number of likely N-dealkylation sites (tertiary alicyclic amines) is 1. The molecule has 2 aliphatic heterocycles. The summed E-state index contributed by atoms with van der Waals surface area (Å²) in [5, 5.41) is 11.2. The predicted octanol–water partition coefficient (Wildman–Crippen LogP) is 0.995. The summed E-state index contributed by atoms with van der Waals surface area (Å²) in [4.78, 5) is 26.4.